The third-order valence-electron chi connectivity index (χ3n) is 7.29. The molecule has 1 aromatic heterocycles. The van der Waals surface area contributed by atoms with Gasteiger partial charge in [0.2, 0.25) is 0 Å². The fraction of sp³-hybridized carbons (Fsp3) is 0.640. The molecule has 1 aromatic carbocycles. The lowest BCUT2D eigenvalue weighted by Crippen LogP contribution is -2.42. The molecule has 0 unspecified atom stereocenters. The summed E-state index contributed by atoms with van der Waals surface area (Å²) in [6.45, 7) is 10.4. The first-order valence-electron chi connectivity index (χ1n) is 11.7. The molecule has 1 saturated heterocycles. The number of imidazole rings is 1. The molecule has 4 nitrogen and oxygen atoms in total. The SMILES string of the molecule is Cc1ccccc1CCN1CCC(CN(Cc2nc[nH]c2C)C2CCCC2)CC1. The summed E-state index contributed by atoms with van der Waals surface area (Å²) in [6.07, 6.45) is 11.3. The molecule has 0 spiro atoms. The van der Waals surface area contributed by atoms with Gasteiger partial charge >= 0.3 is 0 Å². The molecule has 2 heterocycles. The van der Waals surface area contributed by atoms with Crippen LogP contribution in [0.25, 0.3) is 0 Å². The third kappa shape index (κ3) is 5.49. The van der Waals surface area contributed by atoms with Gasteiger partial charge in [-0.1, -0.05) is 37.1 Å². The number of aromatic amines is 1. The van der Waals surface area contributed by atoms with E-state index in [-0.39, 0.29) is 0 Å². The highest BCUT2D eigenvalue weighted by Crippen LogP contribution is 2.28. The van der Waals surface area contributed by atoms with Crippen LogP contribution >= 0.6 is 0 Å². The maximum atomic E-state index is 4.59. The van der Waals surface area contributed by atoms with Gasteiger partial charge in [-0.05, 0) is 76.1 Å². The van der Waals surface area contributed by atoms with Crippen molar-refractivity contribution in [2.24, 2.45) is 5.92 Å². The number of aromatic nitrogens is 2. The molecule has 4 heteroatoms. The minimum Gasteiger partial charge on any atom is -0.348 e. The van der Waals surface area contributed by atoms with Crippen LogP contribution in [0.15, 0.2) is 30.6 Å². The van der Waals surface area contributed by atoms with Crippen LogP contribution < -0.4 is 0 Å². The minimum absolute atomic E-state index is 0.769. The highest BCUT2D eigenvalue weighted by atomic mass is 15.2. The van der Waals surface area contributed by atoms with Crippen LogP contribution in [0, 0.1) is 19.8 Å². The quantitative estimate of drug-likeness (QED) is 0.703. The lowest BCUT2D eigenvalue weighted by atomic mass is 9.94. The van der Waals surface area contributed by atoms with Crippen LogP contribution in [0.2, 0.25) is 0 Å². The van der Waals surface area contributed by atoms with Gasteiger partial charge in [0.05, 0.1) is 12.0 Å². The number of hydrogen-bond acceptors (Lipinski definition) is 3. The van der Waals surface area contributed by atoms with E-state index in [2.05, 4.69) is 57.9 Å². The summed E-state index contributed by atoms with van der Waals surface area (Å²) >= 11 is 0. The summed E-state index contributed by atoms with van der Waals surface area (Å²) in [7, 11) is 0. The molecule has 158 valence electrons. The zero-order valence-corrected chi connectivity index (χ0v) is 18.4. The zero-order valence-electron chi connectivity index (χ0n) is 18.4. The number of benzene rings is 1. The second kappa shape index (κ2) is 9.90. The van der Waals surface area contributed by atoms with E-state index in [4.69, 9.17) is 0 Å². The van der Waals surface area contributed by atoms with Crippen LogP contribution in [0.5, 0.6) is 0 Å². The molecule has 0 amide bonds. The molecular formula is C25H38N4. The normalized spacial score (nSPS) is 19.4. The van der Waals surface area contributed by atoms with Gasteiger partial charge in [0.15, 0.2) is 0 Å². The third-order valence-corrected chi connectivity index (χ3v) is 7.29. The first-order valence-corrected chi connectivity index (χ1v) is 11.7. The number of aryl methyl sites for hydroxylation is 2. The molecule has 1 N–H and O–H groups in total. The number of nitrogens with one attached hydrogen (secondary N) is 1. The topological polar surface area (TPSA) is 35.2 Å². The Bertz CT molecular complexity index is 754. The van der Waals surface area contributed by atoms with Crippen molar-refractivity contribution in [3.63, 3.8) is 0 Å². The van der Waals surface area contributed by atoms with E-state index in [1.54, 1.807) is 0 Å². The highest BCUT2D eigenvalue weighted by molar-refractivity contribution is 5.25. The summed E-state index contributed by atoms with van der Waals surface area (Å²) in [5.41, 5.74) is 5.42. The highest BCUT2D eigenvalue weighted by Gasteiger charge is 2.28. The van der Waals surface area contributed by atoms with E-state index in [0.29, 0.717) is 0 Å². The van der Waals surface area contributed by atoms with Gasteiger partial charge in [0.1, 0.15) is 0 Å². The fourth-order valence-electron chi connectivity index (χ4n) is 5.24. The molecule has 4 rings (SSSR count). The van der Waals surface area contributed by atoms with Crippen molar-refractivity contribution >= 4 is 0 Å². The molecule has 2 fully saturated rings. The lowest BCUT2D eigenvalue weighted by Gasteiger charge is -2.37. The molecule has 1 aliphatic carbocycles. The molecule has 2 aromatic rings. The van der Waals surface area contributed by atoms with Gasteiger partial charge in [-0.2, -0.15) is 0 Å². The summed E-state index contributed by atoms with van der Waals surface area (Å²) < 4.78 is 0. The van der Waals surface area contributed by atoms with E-state index < -0.39 is 0 Å². The molecule has 0 radical (unpaired) electrons. The van der Waals surface area contributed by atoms with Gasteiger partial charge in [0.25, 0.3) is 0 Å². The van der Waals surface area contributed by atoms with Gasteiger partial charge in [0, 0.05) is 31.4 Å². The predicted molar refractivity (Wildman–Crippen MR) is 120 cm³/mol. The Hall–Kier alpha value is -1.65. The van der Waals surface area contributed by atoms with Crippen LogP contribution in [-0.2, 0) is 13.0 Å². The number of rotatable bonds is 8. The number of likely N-dealkylation sites (tertiary alicyclic amines) is 1. The number of nitrogens with zero attached hydrogens (tertiary/aromatic N) is 3. The summed E-state index contributed by atoms with van der Waals surface area (Å²) in [4.78, 5) is 13.3. The fourth-order valence-corrected chi connectivity index (χ4v) is 5.24. The molecule has 1 aliphatic heterocycles. The van der Waals surface area contributed by atoms with Crippen LogP contribution in [0.1, 0.15) is 61.0 Å². The van der Waals surface area contributed by atoms with Gasteiger partial charge in [-0.3, -0.25) is 4.90 Å². The Balaban J connectivity index is 1.27. The molecular weight excluding hydrogens is 356 g/mol. The van der Waals surface area contributed by atoms with E-state index >= 15 is 0 Å². The summed E-state index contributed by atoms with van der Waals surface area (Å²) in [6, 6.07) is 9.61. The molecule has 1 saturated carbocycles. The van der Waals surface area contributed by atoms with Crippen LogP contribution in [0.3, 0.4) is 0 Å². The van der Waals surface area contributed by atoms with Gasteiger partial charge in [-0.25, -0.2) is 4.98 Å². The second-order valence-corrected chi connectivity index (χ2v) is 9.30. The van der Waals surface area contributed by atoms with Crippen molar-refractivity contribution in [1.82, 2.24) is 19.8 Å². The van der Waals surface area contributed by atoms with Gasteiger partial charge < -0.3 is 9.88 Å². The van der Waals surface area contributed by atoms with E-state index in [1.807, 2.05) is 6.33 Å². The maximum Gasteiger partial charge on any atom is 0.0925 e. The van der Waals surface area contributed by atoms with E-state index in [0.717, 1.165) is 18.5 Å². The van der Waals surface area contributed by atoms with Crippen molar-refractivity contribution in [3.05, 3.63) is 53.1 Å². The Labute approximate surface area is 176 Å². The zero-order chi connectivity index (χ0) is 20.1. The lowest BCUT2D eigenvalue weighted by molar-refractivity contribution is 0.112. The standard InChI is InChI=1S/C25H38N4/c1-20-7-3-4-8-23(20)13-16-28-14-11-22(12-15-28)17-29(24-9-5-6-10-24)18-25-21(2)26-19-27-25/h3-4,7-8,19,22,24H,5-6,9-18H2,1-2H3,(H,26,27). The number of piperidine rings is 1. The van der Waals surface area contributed by atoms with Crippen molar-refractivity contribution in [2.45, 2.75) is 71.4 Å². The summed E-state index contributed by atoms with van der Waals surface area (Å²) in [5.74, 6) is 0.838. The number of H-pyrrole nitrogens is 1. The van der Waals surface area contributed by atoms with Crippen molar-refractivity contribution in [1.29, 1.82) is 0 Å². The second-order valence-electron chi connectivity index (χ2n) is 9.30. The van der Waals surface area contributed by atoms with Gasteiger partial charge in [-0.15, -0.1) is 0 Å². The van der Waals surface area contributed by atoms with Crippen molar-refractivity contribution in [2.75, 3.05) is 26.2 Å². The van der Waals surface area contributed by atoms with Crippen molar-refractivity contribution < 1.29 is 0 Å². The average Bonchev–Trinajstić information content (AvgIpc) is 3.40. The monoisotopic (exact) mass is 394 g/mol. The Morgan fingerprint density at radius 2 is 1.83 bits per heavy atom. The first kappa shape index (κ1) is 20.6. The molecule has 0 bridgehead atoms. The molecule has 0 atom stereocenters. The molecule has 29 heavy (non-hydrogen) atoms. The Morgan fingerprint density at radius 3 is 2.52 bits per heavy atom. The minimum atomic E-state index is 0.769. The smallest absolute Gasteiger partial charge is 0.0925 e. The molecule has 2 aliphatic rings. The Kier molecular flexibility index (Phi) is 7.04. The Morgan fingerprint density at radius 1 is 1.07 bits per heavy atom. The maximum absolute atomic E-state index is 4.59. The van der Waals surface area contributed by atoms with Crippen molar-refractivity contribution in [3.8, 4) is 0 Å². The van der Waals surface area contributed by atoms with Crippen LogP contribution in [-0.4, -0.2) is 52.0 Å². The largest absolute Gasteiger partial charge is 0.348 e. The predicted octanol–water partition coefficient (Wildman–Crippen LogP) is 4.73. The van der Waals surface area contributed by atoms with E-state index in [9.17, 15) is 0 Å². The van der Waals surface area contributed by atoms with Crippen LogP contribution in [0.4, 0.5) is 0 Å². The summed E-state index contributed by atoms with van der Waals surface area (Å²) in [5, 5.41) is 0. The number of hydrogen-bond donors (Lipinski definition) is 1. The van der Waals surface area contributed by atoms with E-state index in [1.165, 1.54) is 93.6 Å². The first-order chi connectivity index (χ1) is 14.2. The average molecular weight is 395 g/mol.